The quantitative estimate of drug-likeness (QED) is 0.380. The maximum atomic E-state index is 8.55. The van der Waals surface area contributed by atoms with E-state index in [1.54, 1.807) is 0 Å². The second kappa shape index (κ2) is 15.8. The van der Waals surface area contributed by atoms with Crippen molar-refractivity contribution in [3.63, 3.8) is 0 Å². The van der Waals surface area contributed by atoms with Gasteiger partial charge in [0.2, 0.25) is 0 Å². The van der Waals surface area contributed by atoms with Gasteiger partial charge in [0.05, 0.1) is 6.67 Å². The van der Waals surface area contributed by atoms with Gasteiger partial charge in [-0.25, -0.2) is 0 Å². The molecule has 0 unspecified atom stereocenters. The van der Waals surface area contributed by atoms with Crippen LogP contribution in [-0.4, -0.2) is 30.1 Å². The fourth-order valence-corrected chi connectivity index (χ4v) is 1.10. The van der Waals surface area contributed by atoms with Crippen LogP contribution in [0, 0.1) is 0 Å². The van der Waals surface area contributed by atoms with Gasteiger partial charge in [0.15, 0.2) is 0 Å². The fourth-order valence-electron chi connectivity index (χ4n) is 1.10. The van der Waals surface area contributed by atoms with Crippen LogP contribution in [0.1, 0.15) is 19.8 Å². The molecule has 0 aliphatic carbocycles. The molecule has 0 radical (unpaired) electrons. The molecule has 0 aromatic carbocycles. The largest absolute Gasteiger partial charge is 1.00 e. The van der Waals surface area contributed by atoms with Gasteiger partial charge in [-0.3, -0.25) is 0 Å². The summed E-state index contributed by atoms with van der Waals surface area (Å²) in [4.78, 5) is 30.2. The normalized spacial score (nSPS) is 12.7. The third-order valence-electron chi connectivity index (χ3n) is 1.74. The summed E-state index contributed by atoms with van der Waals surface area (Å²) in [6.07, 6.45) is 6.87. The van der Waals surface area contributed by atoms with Gasteiger partial charge in [-0.2, -0.15) is 7.82 Å². The Hall–Kier alpha value is 2.45. The Morgan fingerprint density at radius 1 is 1.17 bits per heavy atom. The van der Waals surface area contributed by atoms with Crippen LogP contribution in [0.25, 0.3) is 0 Å². The number of nitrogens with zero attached hydrogens (tertiary/aromatic N) is 2. The van der Waals surface area contributed by atoms with E-state index in [-0.39, 0.29) is 88.7 Å². The molecule has 6 nitrogen and oxygen atoms in total. The SMILES string of the molecule is CCCCN1C=CN(C)C1.O=P([O-])([O-])[O-].[Na+].[Na+].[Na+]. The number of hydrogen-bond donors (Lipinski definition) is 0. The Kier molecular flexibility index (Phi) is 25.1. The van der Waals surface area contributed by atoms with E-state index in [1.165, 1.54) is 19.4 Å². The molecule has 0 fully saturated rings. The summed E-state index contributed by atoms with van der Waals surface area (Å²) >= 11 is 0. The first-order valence-corrected chi connectivity index (χ1v) is 6.14. The van der Waals surface area contributed by atoms with Crippen LogP contribution in [0.5, 0.6) is 0 Å². The van der Waals surface area contributed by atoms with Crippen molar-refractivity contribution in [3.05, 3.63) is 12.4 Å². The van der Waals surface area contributed by atoms with Crippen LogP contribution < -0.4 is 103 Å². The molecule has 0 N–H and O–H groups in total. The molecule has 0 aromatic rings. The van der Waals surface area contributed by atoms with E-state index in [9.17, 15) is 0 Å². The van der Waals surface area contributed by atoms with E-state index in [4.69, 9.17) is 19.2 Å². The average molecular weight is 304 g/mol. The predicted molar refractivity (Wildman–Crippen MR) is 51.0 cm³/mol. The standard InChI is InChI=1S/C8H16N2.3Na.H3O4P/c1-3-4-5-10-7-6-9(2)8-10;;;;1-5(2,3)4/h6-7H,3-5,8H2,1-2H3;;;;(H3,1,2,3,4)/q;3*+1;/p-3. The summed E-state index contributed by atoms with van der Waals surface area (Å²) < 4.78 is 8.55. The predicted octanol–water partition coefficient (Wildman–Crippen LogP) is -10.4. The molecular formula is C8H16N2Na3O4P. The monoisotopic (exact) mass is 304 g/mol. The fraction of sp³-hybridized carbons (Fsp3) is 0.750. The Morgan fingerprint density at radius 2 is 1.61 bits per heavy atom. The first-order valence-electron chi connectivity index (χ1n) is 4.68. The summed E-state index contributed by atoms with van der Waals surface area (Å²) in [6, 6.07) is 0. The molecule has 1 rings (SSSR count). The summed E-state index contributed by atoms with van der Waals surface area (Å²) in [5, 5.41) is 0. The van der Waals surface area contributed by atoms with Gasteiger partial charge in [-0.05, 0) is 6.42 Å². The minimum atomic E-state index is -5.39. The van der Waals surface area contributed by atoms with Crippen LogP contribution in [0.15, 0.2) is 12.4 Å². The number of hydrogen-bond acceptors (Lipinski definition) is 6. The summed E-state index contributed by atoms with van der Waals surface area (Å²) in [7, 11) is -3.29. The average Bonchev–Trinajstić information content (AvgIpc) is 2.45. The van der Waals surface area contributed by atoms with Gasteiger partial charge < -0.3 is 29.0 Å². The Morgan fingerprint density at radius 3 is 1.89 bits per heavy atom. The van der Waals surface area contributed by atoms with E-state index in [0.29, 0.717) is 0 Å². The molecule has 1 aliphatic heterocycles. The first kappa shape index (κ1) is 28.6. The van der Waals surface area contributed by atoms with Crippen LogP contribution in [0.2, 0.25) is 0 Å². The van der Waals surface area contributed by atoms with E-state index in [2.05, 4.69) is 36.2 Å². The van der Waals surface area contributed by atoms with Crippen LogP contribution in [0.3, 0.4) is 0 Å². The van der Waals surface area contributed by atoms with Crippen molar-refractivity contribution >= 4 is 7.82 Å². The molecule has 1 aliphatic rings. The van der Waals surface area contributed by atoms with Gasteiger partial charge in [-0.1, -0.05) is 13.3 Å². The van der Waals surface area contributed by atoms with Crippen molar-refractivity contribution in [2.75, 3.05) is 20.3 Å². The molecule has 0 atom stereocenters. The van der Waals surface area contributed by atoms with Crippen molar-refractivity contribution in [3.8, 4) is 0 Å². The van der Waals surface area contributed by atoms with Crippen molar-refractivity contribution < 1.29 is 108 Å². The molecule has 0 aromatic heterocycles. The molecule has 0 amide bonds. The Bertz CT molecular complexity index is 244. The summed E-state index contributed by atoms with van der Waals surface area (Å²) in [5.74, 6) is 0. The number of unbranched alkanes of at least 4 members (excludes halogenated alkanes) is 1. The van der Waals surface area contributed by atoms with E-state index >= 15 is 0 Å². The zero-order valence-electron chi connectivity index (χ0n) is 12.0. The molecule has 0 saturated carbocycles. The molecule has 1 heterocycles. The third kappa shape index (κ3) is 23.5. The number of rotatable bonds is 3. The minimum Gasteiger partial charge on any atom is -0.822 e. The smallest absolute Gasteiger partial charge is 0.822 e. The van der Waals surface area contributed by atoms with Crippen molar-refractivity contribution in [1.29, 1.82) is 0 Å². The van der Waals surface area contributed by atoms with Crippen LogP contribution >= 0.6 is 7.82 Å². The molecule has 90 valence electrons. The van der Waals surface area contributed by atoms with Crippen LogP contribution in [0.4, 0.5) is 0 Å². The maximum Gasteiger partial charge on any atom is 1.00 e. The third-order valence-corrected chi connectivity index (χ3v) is 1.74. The molecule has 0 spiro atoms. The molecule has 18 heavy (non-hydrogen) atoms. The maximum absolute atomic E-state index is 8.55. The molecule has 10 heteroatoms. The summed E-state index contributed by atoms with van der Waals surface area (Å²) in [6.45, 7) is 4.50. The first-order chi connectivity index (χ1) is 6.83. The topological polar surface area (TPSA) is 92.7 Å². The van der Waals surface area contributed by atoms with E-state index < -0.39 is 7.82 Å². The van der Waals surface area contributed by atoms with Gasteiger partial charge in [0.1, 0.15) is 0 Å². The second-order valence-corrected chi connectivity index (χ2v) is 4.20. The second-order valence-electron chi connectivity index (χ2n) is 3.31. The van der Waals surface area contributed by atoms with Gasteiger partial charge in [0.25, 0.3) is 0 Å². The van der Waals surface area contributed by atoms with Gasteiger partial charge >= 0.3 is 88.7 Å². The van der Waals surface area contributed by atoms with Crippen molar-refractivity contribution in [2.45, 2.75) is 19.8 Å². The zero-order chi connectivity index (χ0) is 11.9. The Balaban J connectivity index is -0.000000109. The van der Waals surface area contributed by atoms with Crippen LogP contribution in [-0.2, 0) is 4.57 Å². The number of phosphoric acid groups is 1. The van der Waals surface area contributed by atoms with Gasteiger partial charge in [0, 0.05) is 26.0 Å². The van der Waals surface area contributed by atoms with E-state index in [1.807, 2.05) is 0 Å². The molecule has 0 bridgehead atoms. The minimum absolute atomic E-state index is 0. The molecule has 0 saturated heterocycles. The zero-order valence-corrected chi connectivity index (χ0v) is 18.9. The summed E-state index contributed by atoms with van der Waals surface area (Å²) in [5.41, 5.74) is 0. The Labute approximate surface area is 175 Å². The van der Waals surface area contributed by atoms with E-state index in [0.717, 1.165) is 6.67 Å². The molecular weight excluding hydrogens is 288 g/mol. The van der Waals surface area contributed by atoms with Gasteiger partial charge in [-0.15, -0.1) is 0 Å². The van der Waals surface area contributed by atoms with Crippen molar-refractivity contribution in [2.24, 2.45) is 0 Å². The van der Waals surface area contributed by atoms with Crippen molar-refractivity contribution in [1.82, 2.24) is 9.80 Å².